The van der Waals surface area contributed by atoms with Crippen LogP contribution in [-0.4, -0.2) is 23.8 Å². The maximum absolute atomic E-state index is 13.0. The summed E-state index contributed by atoms with van der Waals surface area (Å²) >= 11 is 0. The van der Waals surface area contributed by atoms with E-state index < -0.39 is 10.0 Å². The van der Waals surface area contributed by atoms with E-state index >= 15 is 0 Å². The molecule has 5 heteroatoms. The fraction of sp³-hybridized carbons (Fsp3) is 0.263. The lowest BCUT2D eigenvalue weighted by molar-refractivity contribution is 0.388. The highest BCUT2D eigenvalue weighted by Crippen LogP contribution is 2.32. The molecule has 24 heavy (non-hydrogen) atoms. The van der Waals surface area contributed by atoms with Crippen LogP contribution in [0.2, 0.25) is 0 Å². The second kappa shape index (κ2) is 5.46. The Kier molecular flexibility index (Phi) is 3.51. The third-order valence-electron chi connectivity index (χ3n) is 4.93. The van der Waals surface area contributed by atoms with E-state index in [0.717, 1.165) is 28.5 Å². The molecule has 4 nitrogen and oxygen atoms in total. The number of nitrogens with zero attached hydrogens (tertiary/aromatic N) is 2. The summed E-state index contributed by atoms with van der Waals surface area (Å²) in [6, 6.07) is 15.3. The molecule has 2 heterocycles. The zero-order valence-electron chi connectivity index (χ0n) is 13.9. The molecule has 0 atom stereocenters. The van der Waals surface area contributed by atoms with Gasteiger partial charge in [-0.25, -0.2) is 8.42 Å². The SMILES string of the molecule is Cc1ccc(S(=O)(=O)N2CCc3c(c4ccccc4n3C)C2)cc1. The number of hydrogen-bond acceptors (Lipinski definition) is 2. The van der Waals surface area contributed by atoms with Crippen molar-refractivity contribution in [1.82, 2.24) is 8.87 Å². The summed E-state index contributed by atoms with van der Waals surface area (Å²) in [5, 5.41) is 1.15. The zero-order valence-corrected chi connectivity index (χ0v) is 14.7. The second-order valence-electron chi connectivity index (χ2n) is 6.40. The van der Waals surface area contributed by atoms with Crippen LogP contribution in [0.25, 0.3) is 10.9 Å². The van der Waals surface area contributed by atoms with Crippen LogP contribution in [0.5, 0.6) is 0 Å². The summed E-state index contributed by atoms with van der Waals surface area (Å²) in [7, 11) is -1.40. The van der Waals surface area contributed by atoms with Crippen LogP contribution in [0, 0.1) is 6.92 Å². The summed E-state index contributed by atoms with van der Waals surface area (Å²) in [6.45, 7) is 2.92. The smallest absolute Gasteiger partial charge is 0.243 e. The lowest BCUT2D eigenvalue weighted by atomic mass is 10.1. The number of sulfonamides is 1. The summed E-state index contributed by atoms with van der Waals surface area (Å²) < 4.78 is 29.7. The van der Waals surface area contributed by atoms with Crippen LogP contribution < -0.4 is 0 Å². The normalized spacial score (nSPS) is 15.6. The molecule has 0 N–H and O–H groups in total. The van der Waals surface area contributed by atoms with Crippen LogP contribution >= 0.6 is 0 Å². The number of para-hydroxylation sites is 1. The van der Waals surface area contributed by atoms with Crippen LogP contribution in [0.1, 0.15) is 16.8 Å². The van der Waals surface area contributed by atoms with Gasteiger partial charge in [0.2, 0.25) is 10.0 Å². The molecule has 1 aliphatic heterocycles. The first-order valence-electron chi connectivity index (χ1n) is 8.10. The average molecular weight is 340 g/mol. The molecule has 0 saturated heterocycles. The highest BCUT2D eigenvalue weighted by molar-refractivity contribution is 7.89. The van der Waals surface area contributed by atoms with Crippen molar-refractivity contribution in [2.45, 2.75) is 24.8 Å². The van der Waals surface area contributed by atoms with E-state index in [1.807, 2.05) is 31.2 Å². The van der Waals surface area contributed by atoms with Crippen molar-refractivity contribution < 1.29 is 8.42 Å². The molecule has 0 saturated carbocycles. The van der Waals surface area contributed by atoms with Crippen LogP contribution in [-0.2, 0) is 30.0 Å². The molecule has 0 bridgehead atoms. The van der Waals surface area contributed by atoms with Gasteiger partial charge in [0, 0.05) is 43.2 Å². The monoisotopic (exact) mass is 340 g/mol. The van der Waals surface area contributed by atoms with E-state index in [4.69, 9.17) is 0 Å². The molecule has 124 valence electrons. The van der Waals surface area contributed by atoms with Crippen molar-refractivity contribution in [3.8, 4) is 0 Å². The van der Waals surface area contributed by atoms with Crippen LogP contribution in [0.15, 0.2) is 53.4 Å². The van der Waals surface area contributed by atoms with Gasteiger partial charge in [-0.2, -0.15) is 4.31 Å². The van der Waals surface area contributed by atoms with Gasteiger partial charge in [-0.15, -0.1) is 0 Å². The quantitative estimate of drug-likeness (QED) is 0.719. The van der Waals surface area contributed by atoms with E-state index in [-0.39, 0.29) is 0 Å². The van der Waals surface area contributed by atoms with Gasteiger partial charge in [-0.1, -0.05) is 35.9 Å². The minimum Gasteiger partial charge on any atom is -0.347 e. The van der Waals surface area contributed by atoms with Gasteiger partial charge in [-0.05, 0) is 30.7 Å². The Morgan fingerprint density at radius 2 is 1.71 bits per heavy atom. The lowest BCUT2D eigenvalue weighted by Gasteiger charge is -2.27. The molecule has 0 unspecified atom stereocenters. The van der Waals surface area contributed by atoms with E-state index in [1.54, 1.807) is 16.4 Å². The fourth-order valence-corrected chi connectivity index (χ4v) is 4.98. The van der Waals surface area contributed by atoms with Crippen LogP contribution in [0.3, 0.4) is 0 Å². The van der Waals surface area contributed by atoms with E-state index in [9.17, 15) is 8.42 Å². The Morgan fingerprint density at radius 3 is 2.46 bits per heavy atom. The predicted molar refractivity (Wildman–Crippen MR) is 95.4 cm³/mol. The number of benzene rings is 2. The molecule has 0 aliphatic carbocycles. The Labute approximate surface area is 142 Å². The molecule has 0 amide bonds. The van der Waals surface area contributed by atoms with Crippen molar-refractivity contribution in [3.63, 3.8) is 0 Å². The van der Waals surface area contributed by atoms with Gasteiger partial charge < -0.3 is 4.57 Å². The molecule has 0 fully saturated rings. The minimum absolute atomic E-state index is 0.372. The molecule has 1 aliphatic rings. The Bertz CT molecular complexity index is 1020. The summed E-state index contributed by atoms with van der Waals surface area (Å²) in [5.41, 5.74) is 4.60. The first-order chi connectivity index (χ1) is 11.5. The van der Waals surface area contributed by atoms with Gasteiger partial charge >= 0.3 is 0 Å². The Balaban J connectivity index is 1.76. The maximum Gasteiger partial charge on any atom is 0.243 e. The number of rotatable bonds is 2. The van der Waals surface area contributed by atoms with Gasteiger partial charge in [0.25, 0.3) is 0 Å². The highest BCUT2D eigenvalue weighted by Gasteiger charge is 2.30. The summed E-state index contributed by atoms with van der Waals surface area (Å²) in [5.74, 6) is 0. The van der Waals surface area contributed by atoms with Crippen molar-refractivity contribution in [2.24, 2.45) is 7.05 Å². The summed E-state index contributed by atoms with van der Waals surface area (Å²) in [4.78, 5) is 0.372. The Hall–Kier alpha value is -2.11. The van der Waals surface area contributed by atoms with Gasteiger partial charge in [-0.3, -0.25) is 0 Å². The predicted octanol–water partition coefficient (Wildman–Crippen LogP) is 3.23. The number of aromatic nitrogens is 1. The van der Waals surface area contributed by atoms with Crippen molar-refractivity contribution in [3.05, 3.63) is 65.4 Å². The van der Waals surface area contributed by atoms with E-state index in [2.05, 4.69) is 23.7 Å². The third kappa shape index (κ3) is 2.27. The standard InChI is InChI=1S/C19H20N2O2S/c1-14-7-9-15(10-8-14)24(22,23)21-12-11-19-17(13-21)16-5-3-4-6-18(16)20(19)2/h3-10H,11-13H2,1-2H3. The largest absolute Gasteiger partial charge is 0.347 e. The first kappa shape index (κ1) is 15.4. The van der Waals surface area contributed by atoms with E-state index in [0.29, 0.717) is 18.0 Å². The average Bonchev–Trinajstić information content (AvgIpc) is 2.88. The van der Waals surface area contributed by atoms with Crippen molar-refractivity contribution >= 4 is 20.9 Å². The molecule has 4 rings (SSSR count). The van der Waals surface area contributed by atoms with Gasteiger partial charge in [0.05, 0.1) is 4.90 Å². The number of hydrogen-bond donors (Lipinski definition) is 0. The molecule has 2 aromatic carbocycles. The minimum atomic E-state index is -3.46. The fourth-order valence-electron chi connectivity index (χ4n) is 3.57. The highest BCUT2D eigenvalue weighted by atomic mass is 32.2. The lowest BCUT2D eigenvalue weighted by Crippen LogP contribution is -2.36. The topological polar surface area (TPSA) is 42.3 Å². The van der Waals surface area contributed by atoms with E-state index in [1.165, 1.54) is 5.69 Å². The molecular formula is C19H20N2O2S. The summed E-state index contributed by atoms with van der Waals surface area (Å²) in [6.07, 6.45) is 0.742. The van der Waals surface area contributed by atoms with Crippen molar-refractivity contribution in [2.75, 3.05) is 6.54 Å². The molecule has 0 spiro atoms. The number of fused-ring (bicyclic) bond motifs is 3. The molecule has 0 radical (unpaired) electrons. The van der Waals surface area contributed by atoms with Gasteiger partial charge in [0.15, 0.2) is 0 Å². The zero-order chi connectivity index (χ0) is 16.9. The molecular weight excluding hydrogens is 320 g/mol. The third-order valence-corrected chi connectivity index (χ3v) is 6.79. The van der Waals surface area contributed by atoms with Crippen LogP contribution in [0.4, 0.5) is 0 Å². The Morgan fingerprint density at radius 1 is 1.00 bits per heavy atom. The molecule has 3 aromatic rings. The van der Waals surface area contributed by atoms with Gasteiger partial charge in [0.1, 0.15) is 0 Å². The van der Waals surface area contributed by atoms with Crippen molar-refractivity contribution in [1.29, 1.82) is 0 Å². The molecule has 1 aromatic heterocycles. The second-order valence-corrected chi connectivity index (χ2v) is 8.34. The number of aryl methyl sites for hydroxylation is 2. The maximum atomic E-state index is 13.0. The first-order valence-corrected chi connectivity index (χ1v) is 9.54.